The Labute approximate surface area is 363 Å². The summed E-state index contributed by atoms with van der Waals surface area (Å²) in [6.45, 7) is 14.5. The molecule has 338 valence electrons. The van der Waals surface area contributed by atoms with Crippen LogP contribution in [0.15, 0.2) is 54.6 Å². The minimum atomic E-state index is -0.912. The van der Waals surface area contributed by atoms with E-state index in [1.54, 1.807) is 45.0 Å². The molecule has 1 saturated heterocycles. The van der Waals surface area contributed by atoms with Crippen LogP contribution >= 0.6 is 0 Å². The van der Waals surface area contributed by atoms with Crippen LogP contribution in [0.1, 0.15) is 90.8 Å². The van der Waals surface area contributed by atoms with Gasteiger partial charge in [-0.05, 0) is 54.3 Å². The van der Waals surface area contributed by atoms with Crippen molar-refractivity contribution in [2.75, 3.05) is 34.9 Å². The third-order valence-electron chi connectivity index (χ3n) is 12.7. The SMILES string of the molecule is CC[C@H](C)[C@@H]([C@@H](CC(=O)N1CCC[C@H]1[C@H](OC)[C@@H](C)C(=O)N[C@@H](Cc1ccccc1)C(=O)N1Cc2ccccc2CO1)OC)N(C)C(=O)[C@@H](NC(=O)[C@@H](NC)C(C)C)C(C)C. The Kier molecular flexibility index (Phi) is 18.7. The molecule has 0 spiro atoms. The highest BCUT2D eigenvalue weighted by Crippen LogP contribution is 2.30. The summed E-state index contributed by atoms with van der Waals surface area (Å²) >= 11 is 0. The minimum absolute atomic E-state index is 0.00284. The lowest BCUT2D eigenvalue weighted by Gasteiger charge is -2.41. The first-order valence-electron chi connectivity index (χ1n) is 22.0. The molecule has 9 atom stereocenters. The van der Waals surface area contributed by atoms with E-state index in [9.17, 15) is 24.0 Å². The van der Waals surface area contributed by atoms with Crippen LogP contribution in [0.2, 0.25) is 0 Å². The number of fused-ring (bicyclic) bond motifs is 1. The lowest BCUT2D eigenvalue weighted by molar-refractivity contribution is -0.203. The highest BCUT2D eigenvalue weighted by atomic mass is 16.7. The standard InChI is InChI=1S/C47H72N6O8/c1-12-31(6)42(51(9)47(58)41(30(4)5)50-45(56)40(48-8)29(2)3)38(59-10)26-39(54)52-24-18-23-37(52)43(60-11)32(7)44(55)49-36(25-33-19-14-13-15-20-33)46(57)53-27-34-21-16-17-22-35(34)28-61-53/h13-17,19-22,29-32,36-38,40-43,48H,12,18,23-28H2,1-11H3,(H,49,55)(H,50,56)/t31-,32+,36-,37-,38+,40-,41-,42-,43+/m0/s1. The molecule has 0 bridgehead atoms. The molecule has 2 aromatic rings. The molecule has 3 N–H and O–H groups in total. The van der Waals surface area contributed by atoms with Crippen molar-refractivity contribution in [1.82, 2.24) is 30.8 Å². The molecular formula is C47H72N6O8. The van der Waals surface area contributed by atoms with E-state index in [0.29, 0.717) is 13.0 Å². The zero-order chi connectivity index (χ0) is 45.0. The predicted octanol–water partition coefficient (Wildman–Crippen LogP) is 4.49. The fourth-order valence-corrected chi connectivity index (χ4v) is 8.92. The van der Waals surface area contributed by atoms with Crippen molar-refractivity contribution in [2.24, 2.45) is 23.7 Å². The van der Waals surface area contributed by atoms with Gasteiger partial charge in [-0.15, -0.1) is 0 Å². The molecule has 0 aliphatic carbocycles. The van der Waals surface area contributed by atoms with Gasteiger partial charge in [-0.1, -0.05) is 109 Å². The van der Waals surface area contributed by atoms with Crippen molar-refractivity contribution in [1.29, 1.82) is 0 Å². The summed E-state index contributed by atoms with van der Waals surface area (Å²) in [4.78, 5) is 79.5. The van der Waals surface area contributed by atoms with Crippen LogP contribution < -0.4 is 16.0 Å². The summed E-state index contributed by atoms with van der Waals surface area (Å²) in [6, 6.07) is 14.3. The van der Waals surface area contributed by atoms with Gasteiger partial charge in [0.2, 0.25) is 23.6 Å². The number of benzene rings is 2. The summed E-state index contributed by atoms with van der Waals surface area (Å²) in [5.41, 5.74) is 2.89. The number of amides is 5. The molecule has 2 aliphatic rings. The summed E-state index contributed by atoms with van der Waals surface area (Å²) < 4.78 is 12.1. The van der Waals surface area contributed by atoms with Gasteiger partial charge in [-0.3, -0.25) is 28.8 Å². The molecule has 2 heterocycles. The first-order valence-corrected chi connectivity index (χ1v) is 22.0. The van der Waals surface area contributed by atoms with Crippen molar-refractivity contribution in [2.45, 2.75) is 136 Å². The van der Waals surface area contributed by atoms with Crippen LogP contribution in [0, 0.1) is 23.7 Å². The van der Waals surface area contributed by atoms with E-state index in [4.69, 9.17) is 14.3 Å². The molecule has 2 aliphatic heterocycles. The van der Waals surface area contributed by atoms with Crippen molar-refractivity contribution < 1.29 is 38.3 Å². The highest BCUT2D eigenvalue weighted by molar-refractivity contribution is 5.90. The number of likely N-dealkylation sites (tertiary alicyclic amines) is 1. The monoisotopic (exact) mass is 849 g/mol. The van der Waals surface area contributed by atoms with E-state index in [1.165, 1.54) is 5.06 Å². The fraction of sp³-hybridized carbons (Fsp3) is 0.638. The molecular weight excluding hydrogens is 777 g/mol. The molecule has 5 amide bonds. The number of hydroxylamine groups is 2. The average molecular weight is 849 g/mol. The molecule has 0 radical (unpaired) electrons. The highest BCUT2D eigenvalue weighted by Gasteiger charge is 2.44. The van der Waals surface area contributed by atoms with Crippen LogP contribution in [-0.2, 0) is 57.9 Å². The molecule has 14 nitrogen and oxygen atoms in total. The van der Waals surface area contributed by atoms with Crippen molar-refractivity contribution in [3.63, 3.8) is 0 Å². The predicted molar refractivity (Wildman–Crippen MR) is 234 cm³/mol. The van der Waals surface area contributed by atoms with E-state index in [1.807, 2.05) is 96.1 Å². The van der Waals surface area contributed by atoms with E-state index >= 15 is 0 Å². The van der Waals surface area contributed by atoms with Gasteiger partial charge in [0.05, 0.1) is 49.2 Å². The quantitative estimate of drug-likeness (QED) is 0.165. The van der Waals surface area contributed by atoms with Crippen LogP contribution in [0.3, 0.4) is 0 Å². The molecule has 0 unspecified atom stereocenters. The largest absolute Gasteiger partial charge is 0.379 e. The first kappa shape index (κ1) is 49.3. The van der Waals surface area contributed by atoms with Gasteiger partial charge in [0.15, 0.2) is 0 Å². The van der Waals surface area contributed by atoms with Crippen molar-refractivity contribution in [3.8, 4) is 0 Å². The Morgan fingerprint density at radius 2 is 1.49 bits per heavy atom. The second-order valence-electron chi connectivity index (χ2n) is 17.5. The normalized spacial score (nSPS) is 19.3. The van der Waals surface area contributed by atoms with Crippen molar-refractivity contribution >= 4 is 29.5 Å². The molecule has 61 heavy (non-hydrogen) atoms. The molecule has 1 fully saturated rings. The van der Waals surface area contributed by atoms with E-state index in [2.05, 4.69) is 16.0 Å². The van der Waals surface area contributed by atoms with E-state index < -0.39 is 48.3 Å². The Balaban J connectivity index is 1.50. The number of rotatable bonds is 21. The summed E-state index contributed by atoms with van der Waals surface area (Å²) in [5, 5.41) is 10.4. The zero-order valence-electron chi connectivity index (χ0n) is 38.3. The van der Waals surface area contributed by atoms with Gasteiger partial charge >= 0.3 is 0 Å². The van der Waals surface area contributed by atoms with Crippen LogP contribution in [0.5, 0.6) is 0 Å². The maximum atomic E-state index is 14.4. The number of hydrogen-bond donors (Lipinski definition) is 3. The van der Waals surface area contributed by atoms with Gasteiger partial charge in [0, 0.05) is 34.2 Å². The average Bonchev–Trinajstić information content (AvgIpc) is 3.74. The number of ether oxygens (including phenoxy) is 2. The van der Waals surface area contributed by atoms with Gasteiger partial charge in [0.1, 0.15) is 18.7 Å². The smallest absolute Gasteiger partial charge is 0.269 e. The van der Waals surface area contributed by atoms with Crippen LogP contribution in [0.25, 0.3) is 0 Å². The third-order valence-corrected chi connectivity index (χ3v) is 12.7. The van der Waals surface area contributed by atoms with Crippen LogP contribution in [-0.4, -0.2) is 122 Å². The van der Waals surface area contributed by atoms with Crippen molar-refractivity contribution in [3.05, 3.63) is 71.3 Å². The molecule has 0 saturated carbocycles. The maximum absolute atomic E-state index is 14.4. The Morgan fingerprint density at radius 3 is 2.08 bits per heavy atom. The lowest BCUT2D eigenvalue weighted by atomic mass is 9.89. The molecule has 2 aromatic carbocycles. The number of methoxy groups -OCH3 is 2. The number of nitrogens with one attached hydrogen (secondary N) is 3. The van der Waals surface area contributed by atoms with Crippen LogP contribution in [0.4, 0.5) is 0 Å². The second kappa shape index (κ2) is 23.2. The minimum Gasteiger partial charge on any atom is -0.379 e. The summed E-state index contributed by atoms with van der Waals surface area (Å²) in [6.07, 6.45) is 0.999. The Hall–Kier alpha value is -4.37. The molecule has 14 heteroatoms. The summed E-state index contributed by atoms with van der Waals surface area (Å²) in [5.74, 6) is -2.32. The number of carbonyl (C=O) groups excluding carboxylic acids is 5. The number of carbonyl (C=O) groups is 5. The van der Waals surface area contributed by atoms with E-state index in [0.717, 1.165) is 29.5 Å². The van der Waals surface area contributed by atoms with E-state index in [-0.39, 0.29) is 73.3 Å². The van der Waals surface area contributed by atoms with Gasteiger partial charge in [-0.25, -0.2) is 5.06 Å². The topological polar surface area (TPSA) is 159 Å². The Morgan fingerprint density at radius 1 is 0.852 bits per heavy atom. The number of hydrogen-bond acceptors (Lipinski definition) is 9. The molecule has 0 aromatic heterocycles. The number of nitrogens with zero attached hydrogens (tertiary/aromatic N) is 3. The third kappa shape index (κ3) is 12.4. The second-order valence-corrected chi connectivity index (χ2v) is 17.5. The molecule has 4 rings (SSSR count). The summed E-state index contributed by atoms with van der Waals surface area (Å²) in [7, 11) is 6.55. The van der Waals surface area contributed by atoms with Gasteiger partial charge in [-0.2, -0.15) is 0 Å². The van der Waals surface area contributed by atoms with Gasteiger partial charge < -0.3 is 35.2 Å². The first-order chi connectivity index (χ1) is 29.1. The number of likely N-dealkylation sites (N-methyl/N-ethyl adjacent to an activating group) is 2. The fourth-order valence-electron chi connectivity index (χ4n) is 8.92. The zero-order valence-corrected chi connectivity index (χ0v) is 38.3. The Bertz CT molecular complexity index is 1760. The lowest BCUT2D eigenvalue weighted by Crippen LogP contribution is -2.59. The maximum Gasteiger partial charge on any atom is 0.269 e. The van der Waals surface area contributed by atoms with Gasteiger partial charge in [0.25, 0.3) is 5.91 Å².